The summed E-state index contributed by atoms with van der Waals surface area (Å²) in [6.45, 7) is 6.65. The van der Waals surface area contributed by atoms with Gasteiger partial charge in [-0.05, 0) is 58.0 Å². The Hall–Kier alpha value is -4.05. The molecule has 0 N–H and O–H groups in total. The SMILES string of the molecule is CC(C)(C)c1cccc(-n2cnc(-c3cccc(-c4cccc(-c5cccnc5)c4)c3)n2)c1. The van der Waals surface area contributed by atoms with Crippen molar-refractivity contribution in [2.75, 3.05) is 0 Å². The van der Waals surface area contributed by atoms with Crippen LogP contribution in [0.1, 0.15) is 26.3 Å². The minimum absolute atomic E-state index is 0.0815. The van der Waals surface area contributed by atoms with Gasteiger partial charge in [0.2, 0.25) is 0 Å². The van der Waals surface area contributed by atoms with E-state index in [9.17, 15) is 0 Å². The van der Waals surface area contributed by atoms with Crippen LogP contribution in [0.25, 0.3) is 39.3 Å². The highest BCUT2D eigenvalue weighted by Crippen LogP contribution is 2.29. The van der Waals surface area contributed by atoms with E-state index in [1.165, 1.54) is 5.56 Å². The Labute approximate surface area is 194 Å². The Bertz CT molecular complexity index is 1390. The molecule has 0 amide bonds. The fourth-order valence-electron chi connectivity index (χ4n) is 3.88. The van der Waals surface area contributed by atoms with E-state index in [0.29, 0.717) is 5.82 Å². The van der Waals surface area contributed by atoms with Gasteiger partial charge < -0.3 is 0 Å². The van der Waals surface area contributed by atoms with E-state index in [0.717, 1.165) is 33.5 Å². The largest absolute Gasteiger partial charge is 0.264 e. The maximum atomic E-state index is 4.77. The predicted molar refractivity (Wildman–Crippen MR) is 134 cm³/mol. The van der Waals surface area contributed by atoms with Gasteiger partial charge in [-0.1, -0.05) is 75.4 Å². The molecule has 0 unspecified atom stereocenters. The quantitative estimate of drug-likeness (QED) is 0.309. The van der Waals surface area contributed by atoms with Gasteiger partial charge in [-0.15, -0.1) is 5.10 Å². The van der Waals surface area contributed by atoms with Crippen molar-refractivity contribution < 1.29 is 0 Å². The molecule has 2 aromatic heterocycles. The minimum Gasteiger partial charge on any atom is -0.264 e. The van der Waals surface area contributed by atoms with Crippen molar-refractivity contribution in [2.24, 2.45) is 0 Å². The molecular weight excluding hydrogens is 404 g/mol. The van der Waals surface area contributed by atoms with Crippen LogP contribution in [0, 0.1) is 0 Å². The Morgan fingerprint density at radius 1 is 0.667 bits per heavy atom. The van der Waals surface area contributed by atoms with Crippen LogP contribution >= 0.6 is 0 Å². The monoisotopic (exact) mass is 430 g/mol. The van der Waals surface area contributed by atoms with Crippen LogP contribution in [0.3, 0.4) is 0 Å². The number of nitrogens with zero attached hydrogens (tertiary/aromatic N) is 4. The van der Waals surface area contributed by atoms with Gasteiger partial charge in [-0.2, -0.15) is 0 Å². The first kappa shape index (κ1) is 20.8. The molecule has 33 heavy (non-hydrogen) atoms. The maximum absolute atomic E-state index is 4.77. The minimum atomic E-state index is 0.0815. The van der Waals surface area contributed by atoms with E-state index in [1.807, 2.05) is 16.9 Å². The Morgan fingerprint density at radius 3 is 2.00 bits per heavy atom. The number of rotatable bonds is 4. The summed E-state index contributed by atoms with van der Waals surface area (Å²) in [5.74, 6) is 0.710. The summed E-state index contributed by atoms with van der Waals surface area (Å²) in [5, 5.41) is 4.77. The van der Waals surface area contributed by atoms with Crippen molar-refractivity contribution in [3.63, 3.8) is 0 Å². The molecule has 162 valence electrons. The molecule has 3 aromatic carbocycles. The average Bonchev–Trinajstić information content (AvgIpc) is 3.35. The second-order valence-corrected chi connectivity index (χ2v) is 9.22. The summed E-state index contributed by atoms with van der Waals surface area (Å²) in [6.07, 6.45) is 5.47. The Kier molecular flexibility index (Phi) is 5.35. The summed E-state index contributed by atoms with van der Waals surface area (Å²) >= 11 is 0. The second kappa shape index (κ2) is 8.47. The molecule has 5 aromatic rings. The Morgan fingerprint density at radius 2 is 1.30 bits per heavy atom. The van der Waals surface area contributed by atoms with Crippen molar-refractivity contribution in [3.8, 4) is 39.3 Å². The van der Waals surface area contributed by atoms with Crippen LogP contribution in [0.5, 0.6) is 0 Å². The highest BCUT2D eigenvalue weighted by molar-refractivity contribution is 5.75. The molecule has 0 aliphatic carbocycles. The van der Waals surface area contributed by atoms with Gasteiger partial charge in [0, 0.05) is 23.5 Å². The van der Waals surface area contributed by atoms with Crippen LogP contribution in [-0.2, 0) is 5.41 Å². The molecule has 0 bridgehead atoms. The van der Waals surface area contributed by atoms with Gasteiger partial charge in [0.25, 0.3) is 0 Å². The lowest BCUT2D eigenvalue weighted by Crippen LogP contribution is -2.11. The molecule has 5 rings (SSSR count). The number of benzene rings is 3. The van der Waals surface area contributed by atoms with Crippen molar-refractivity contribution in [2.45, 2.75) is 26.2 Å². The molecule has 0 aliphatic heterocycles. The number of hydrogen-bond acceptors (Lipinski definition) is 3. The van der Waals surface area contributed by atoms with Crippen molar-refractivity contribution in [1.82, 2.24) is 19.7 Å². The van der Waals surface area contributed by atoms with Gasteiger partial charge in [-0.3, -0.25) is 4.98 Å². The first-order valence-electron chi connectivity index (χ1n) is 11.1. The number of aromatic nitrogens is 4. The molecule has 0 atom stereocenters. The van der Waals surface area contributed by atoms with Gasteiger partial charge in [-0.25, -0.2) is 9.67 Å². The summed E-state index contributed by atoms with van der Waals surface area (Å²) in [7, 11) is 0. The summed E-state index contributed by atoms with van der Waals surface area (Å²) in [4.78, 5) is 8.84. The van der Waals surface area contributed by atoms with Crippen molar-refractivity contribution in [1.29, 1.82) is 0 Å². The summed E-state index contributed by atoms with van der Waals surface area (Å²) in [5.41, 5.74) is 7.89. The zero-order valence-corrected chi connectivity index (χ0v) is 19.1. The van der Waals surface area contributed by atoms with Gasteiger partial charge in [0.15, 0.2) is 5.82 Å². The van der Waals surface area contributed by atoms with Gasteiger partial charge in [0.1, 0.15) is 6.33 Å². The van der Waals surface area contributed by atoms with E-state index in [1.54, 1.807) is 12.5 Å². The third kappa shape index (κ3) is 4.46. The van der Waals surface area contributed by atoms with Gasteiger partial charge >= 0.3 is 0 Å². The van der Waals surface area contributed by atoms with E-state index in [4.69, 9.17) is 5.10 Å². The van der Waals surface area contributed by atoms with Crippen LogP contribution in [0.2, 0.25) is 0 Å². The molecule has 0 aliphatic rings. The highest BCUT2D eigenvalue weighted by Gasteiger charge is 2.15. The van der Waals surface area contributed by atoms with Crippen LogP contribution in [-0.4, -0.2) is 19.7 Å². The molecular formula is C29H26N4. The lowest BCUT2D eigenvalue weighted by atomic mass is 9.87. The first-order chi connectivity index (χ1) is 16.0. The molecule has 0 saturated heterocycles. The Balaban J connectivity index is 1.46. The molecule has 0 saturated carbocycles. The molecule has 0 radical (unpaired) electrons. The third-order valence-corrected chi connectivity index (χ3v) is 5.78. The van der Waals surface area contributed by atoms with E-state index >= 15 is 0 Å². The summed E-state index contributed by atoms with van der Waals surface area (Å²) < 4.78 is 1.85. The lowest BCUT2D eigenvalue weighted by Gasteiger charge is -2.19. The fraction of sp³-hybridized carbons (Fsp3) is 0.138. The topological polar surface area (TPSA) is 43.6 Å². The third-order valence-electron chi connectivity index (χ3n) is 5.78. The standard InChI is InChI=1S/C29H26N4/c1-29(2,3)26-13-6-14-27(18-26)33-20-31-28(32-33)24-11-5-9-22(17-24)21-8-4-10-23(16-21)25-12-7-15-30-19-25/h4-20H,1-3H3. The predicted octanol–water partition coefficient (Wildman–Crippen LogP) is 6.96. The maximum Gasteiger partial charge on any atom is 0.181 e. The highest BCUT2D eigenvalue weighted by atomic mass is 15.3. The molecule has 2 heterocycles. The van der Waals surface area contributed by atoms with Gasteiger partial charge in [0.05, 0.1) is 5.69 Å². The van der Waals surface area contributed by atoms with E-state index in [2.05, 4.69) is 110 Å². The number of pyridine rings is 1. The van der Waals surface area contributed by atoms with Crippen LogP contribution in [0.4, 0.5) is 0 Å². The number of hydrogen-bond donors (Lipinski definition) is 0. The molecule has 4 heteroatoms. The van der Waals surface area contributed by atoms with Crippen molar-refractivity contribution in [3.05, 3.63) is 109 Å². The summed E-state index contributed by atoms with van der Waals surface area (Å²) in [6, 6.07) is 29.4. The fourth-order valence-corrected chi connectivity index (χ4v) is 3.88. The zero-order chi connectivity index (χ0) is 22.8. The van der Waals surface area contributed by atoms with Crippen molar-refractivity contribution >= 4 is 0 Å². The second-order valence-electron chi connectivity index (χ2n) is 9.22. The average molecular weight is 431 g/mol. The lowest BCUT2D eigenvalue weighted by molar-refractivity contribution is 0.589. The van der Waals surface area contributed by atoms with E-state index < -0.39 is 0 Å². The molecule has 0 spiro atoms. The smallest absolute Gasteiger partial charge is 0.181 e. The normalized spacial score (nSPS) is 11.5. The molecule has 4 nitrogen and oxygen atoms in total. The zero-order valence-electron chi connectivity index (χ0n) is 19.1. The van der Waals surface area contributed by atoms with Crippen LogP contribution < -0.4 is 0 Å². The van der Waals surface area contributed by atoms with E-state index in [-0.39, 0.29) is 5.41 Å². The van der Waals surface area contributed by atoms with Crippen LogP contribution in [0.15, 0.2) is 104 Å². The molecule has 0 fully saturated rings. The first-order valence-corrected chi connectivity index (χ1v) is 11.1.